The van der Waals surface area contributed by atoms with E-state index in [1.165, 1.54) is 0 Å². The van der Waals surface area contributed by atoms with Gasteiger partial charge in [-0.25, -0.2) is 0 Å². The molecule has 0 bridgehead atoms. The van der Waals surface area contributed by atoms with Crippen LogP contribution in [0, 0.1) is 5.92 Å². The van der Waals surface area contributed by atoms with E-state index >= 15 is 0 Å². The Balaban J connectivity index is 2.13. The Kier molecular flexibility index (Phi) is 3.97. The summed E-state index contributed by atoms with van der Waals surface area (Å²) in [5, 5.41) is 4.49. The highest BCUT2D eigenvalue weighted by Gasteiger charge is 2.26. The molecule has 1 fully saturated rings. The summed E-state index contributed by atoms with van der Waals surface area (Å²) in [6, 6.07) is 0. The lowest BCUT2D eigenvalue weighted by Gasteiger charge is -2.32. The Morgan fingerprint density at radius 2 is 2.05 bits per heavy atom. The molecule has 0 aromatic carbocycles. The van der Waals surface area contributed by atoms with Crippen molar-refractivity contribution in [2.45, 2.75) is 32.6 Å². The first-order chi connectivity index (χ1) is 9.04. The Morgan fingerprint density at radius 1 is 1.42 bits per heavy atom. The molecule has 2 heterocycles. The minimum absolute atomic E-state index is 0.000754. The Bertz CT molecular complexity index is 460. The molecule has 2 rings (SSSR count). The van der Waals surface area contributed by atoms with Gasteiger partial charge in [-0.05, 0) is 19.3 Å². The molecule has 0 radical (unpaired) electrons. The van der Waals surface area contributed by atoms with Crippen LogP contribution >= 0.6 is 0 Å². The number of hydrogen-bond acceptors (Lipinski definition) is 4. The first-order valence-electron chi connectivity index (χ1n) is 6.90. The minimum Gasteiger partial charge on any atom is -0.394 e. The van der Waals surface area contributed by atoms with Crippen molar-refractivity contribution in [2.24, 2.45) is 18.7 Å². The Hall–Kier alpha value is -1.72. The van der Waals surface area contributed by atoms with Crippen molar-refractivity contribution in [1.82, 2.24) is 9.78 Å². The largest absolute Gasteiger partial charge is 0.394 e. The number of hydrogen-bond donors (Lipinski definition) is 2. The quantitative estimate of drug-likeness (QED) is 0.836. The predicted octanol–water partition coefficient (Wildman–Crippen LogP) is 0.657. The standard InChI is InChI=1S/C13H23N5O/c1-3-4-10-11(14)13(17(2)16-10)18-7-5-9(6-8-18)12(15)19/h9H,3-8,14H2,1-2H3,(H2,15,19). The molecule has 1 aliphatic heterocycles. The third-order valence-electron chi connectivity index (χ3n) is 3.81. The number of aryl methyl sites for hydroxylation is 2. The lowest BCUT2D eigenvalue weighted by Crippen LogP contribution is -2.39. The molecule has 106 valence electrons. The van der Waals surface area contributed by atoms with Crippen molar-refractivity contribution >= 4 is 17.4 Å². The molecular weight excluding hydrogens is 242 g/mol. The number of aromatic nitrogens is 2. The summed E-state index contributed by atoms with van der Waals surface area (Å²) in [7, 11) is 1.92. The molecule has 4 N–H and O–H groups in total. The number of nitrogen functional groups attached to an aromatic ring is 1. The zero-order valence-electron chi connectivity index (χ0n) is 11.7. The molecule has 6 nitrogen and oxygen atoms in total. The number of anilines is 2. The number of rotatable bonds is 4. The first kappa shape index (κ1) is 13.7. The summed E-state index contributed by atoms with van der Waals surface area (Å²) < 4.78 is 1.85. The molecule has 1 amide bonds. The van der Waals surface area contributed by atoms with E-state index in [-0.39, 0.29) is 11.8 Å². The maximum Gasteiger partial charge on any atom is 0.220 e. The summed E-state index contributed by atoms with van der Waals surface area (Å²) in [6.07, 6.45) is 3.52. The first-order valence-corrected chi connectivity index (χ1v) is 6.90. The molecule has 0 unspecified atom stereocenters. The van der Waals surface area contributed by atoms with Crippen molar-refractivity contribution in [2.75, 3.05) is 23.7 Å². The summed E-state index contributed by atoms with van der Waals surface area (Å²) >= 11 is 0. The highest BCUT2D eigenvalue weighted by atomic mass is 16.1. The topological polar surface area (TPSA) is 90.2 Å². The van der Waals surface area contributed by atoms with E-state index in [4.69, 9.17) is 11.5 Å². The molecule has 1 saturated heterocycles. The molecule has 1 aromatic rings. The van der Waals surface area contributed by atoms with Crippen LogP contribution < -0.4 is 16.4 Å². The summed E-state index contributed by atoms with van der Waals surface area (Å²) in [5.41, 5.74) is 13.3. The van der Waals surface area contributed by atoms with E-state index < -0.39 is 0 Å². The van der Waals surface area contributed by atoms with Gasteiger partial charge in [-0.3, -0.25) is 9.48 Å². The fourth-order valence-electron chi connectivity index (χ4n) is 2.76. The number of nitrogens with zero attached hydrogens (tertiary/aromatic N) is 3. The SMILES string of the molecule is CCCc1nn(C)c(N2CCC(C(N)=O)CC2)c1N. The smallest absolute Gasteiger partial charge is 0.220 e. The van der Waals surface area contributed by atoms with Crippen LogP contribution in [-0.2, 0) is 18.3 Å². The average Bonchev–Trinajstić information content (AvgIpc) is 2.65. The zero-order chi connectivity index (χ0) is 14.0. The molecule has 0 atom stereocenters. The van der Waals surface area contributed by atoms with E-state index in [0.29, 0.717) is 0 Å². The maximum absolute atomic E-state index is 11.2. The van der Waals surface area contributed by atoms with Gasteiger partial charge in [-0.15, -0.1) is 0 Å². The second-order valence-electron chi connectivity index (χ2n) is 5.22. The number of piperidine rings is 1. The fraction of sp³-hybridized carbons (Fsp3) is 0.692. The highest BCUT2D eigenvalue weighted by molar-refractivity contribution is 5.77. The van der Waals surface area contributed by atoms with Gasteiger partial charge in [0.1, 0.15) is 5.82 Å². The van der Waals surface area contributed by atoms with Gasteiger partial charge in [0, 0.05) is 26.1 Å². The minimum atomic E-state index is -0.190. The van der Waals surface area contributed by atoms with E-state index in [0.717, 1.165) is 56.0 Å². The number of primary amides is 1. The van der Waals surface area contributed by atoms with E-state index in [1.54, 1.807) is 0 Å². The van der Waals surface area contributed by atoms with Crippen molar-refractivity contribution < 1.29 is 4.79 Å². The average molecular weight is 265 g/mol. The maximum atomic E-state index is 11.2. The summed E-state index contributed by atoms with van der Waals surface area (Å²) in [5.74, 6) is 0.788. The molecule has 19 heavy (non-hydrogen) atoms. The third-order valence-corrected chi connectivity index (χ3v) is 3.81. The second-order valence-corrected chi connectivity index (χ2v) is 5.22. The van der Waals surface area contributed by atoms with Crippen LogP contribution in [0.2, 0.25) is 0 Å². The van der Waals surface area contributed by atoms with Gasteiger partial charge in [0.2, 0.25) is 5.91 Å². The van der Waals surface area contributed by atoms with Gasteiger partial charge in [0.15, 0.2) is 0 Å². The fourth-order valence-corrected chi connectivity index (χ4v) is 2.76. The monoisotopic (exact) mass is 265 g/mol. The summed E-state index contributed by atoms with van der Waals surface area (Å²) in [4.78, 5) is 13.4. The van der Waals surface area contributed by atoms with Gasteiger partial charge >= 0.3 is 0 Å². The Labute approximate surface area is 113 Å². The van der Waals surface area contributed by atoms with Crippen molar-refractivity contribution in [3.05, 3.63) is 5.69 Å². The molecule has 0 saturated carbocycles. The van der Waals surface area contributed by atoms with Crippen LogP contribution in [0.5, 0.6) is 0 Å². The van der Waals surface area contributed by atoms with Crippen LogP contribution in [0.25, 0.3) is 0 Å². The van der Waals surface area contributed by atoms with Gasteiger partial charge in [0.25, 0.3) is 0 Å². The van der Waals surface area contributed by atoms with Gasteiger partial charge in [-0.2, -0.15) is 5.10 Å². The second kappa shape index (κ2) is 5.50. The molecule has 0 aliphatic carbocycles. The van der Waals surface area contributed by atoms with Crippen molar-refractivity contribution in [3.63, 3.8) is 0 Å². The van der Waals surface area contributed by atoms with Gasteiger partial charge in [-0.1, -0.05) is 13.3 Å². The highest BCUT2D eigenvalue weighted by Crippen LogP contribution is 2.30. The molecule has 1 aliphatic rings. The number of carbonyl (C=O) groups excluding carboxylic acids is 1. The third kappa shape index (κ3) is 2.67. The van der Waals surface area contributed by atoms with Crippen LogP contribution in [0.4, 0.5) is 11.5 Å². The number of amides is 1. The lowest BCUT2D eigenvalue weighted by atomic mass is 9.96. The summed E-state index contributed by atoms with van der Waals surface area (Å²) in [6.45, 7) is 3.73. The molecule has 6 heteroatoms. The van der Waals surface area contributed by atoms with Crippen LogP contribution in [0.1, 0.15) is 31.9 Å². The molecular formula is C13H23N5O. The van der Waals surface area contributed by atoms with Crippen LogP contribution in [-0.4, -0.2) is 28.8 Å². The lowest BCUT2D eigenvalue weighted by molar-refractivity contribution is -0.122. The van der Waals surface area contributed by atoms with E-state index in [1.807, 2.05) is 11.7 Å². The molecule has 0 spiro atoms. The Morgan fingerprint density at radius 3 is 2.58 bits per heavy atom. The number of nitrogens with two attached hydrogens (primary N) is 2. The zero-order valence-corrected chi connectivity index (χ0v) is 11.7. The predicted molar refractivity (Wildman–Crippen MR) is 75.7 cm³/mol. The molecule has 1 aromatic heterocycles. The van der Waals surface area contributed by atoms with E-state index in [9.17, 15) is 4.79 Å². The van der Waals surface area contributed by atoms with Crippen molar-refractivity contribution in [3.8, 4) is 0 Å². The van der Waals surface area contributed by atoms with Gasteiger partial charge < -0.3 is 16.4 Å². The van der Waals surface area contributed by atoms with Crippen LogP contribution in [0.3, 0.4) is 0 Å². The van der Waals surface area contributed by atoms with E-state index in [2.05, 4.69) is 16.9 Å². The van der Waals surface area contributed by atoms with Crippen molar-refractivity contribution in [1.29, 1.82) is 0 Å². The number of carbonyl (C=O) groups is 1. The van der Waals surface area contributed by atoms with Crippen LogP contribution in [0.15, 0.2) is 0 Å². The normalized spacial score (nSPS) is 16.8. The van der Waals surface area contributed by atoms with Gasteiger partial charge in [0.05, 0.1) is 11.4 Å².